The molecule has 0 aliphatic carbocycles. The maximum absolute atomic E-state index is 13.1. The molecule has 1 unspecified atom stereocenters. The number of amides is 1. The summed E-state index contributed by atoms with van der Waals surface area (Å²) in [5.41, 5.74) is 2.55. The van der Waals surface area contributed by atoms with Gasteiger partial charge in [0, 0.05) is 12.1 Å². The van der Waals surface area contributed by atoms with Crippen molar-refractivity contribution in [1.82, 2.24) is 4.90 Å². The van der Waals surface area contributed by atoms with Crippen molar-refractivity contribution in [3.8, 4) is 0 Å². The van der Waals surface area contributed by atoms with Gasteiger partial charge in [-0.1, -0.05) is 30.3 Å². The molecular weight excluding hydrogens is 281 g/mol. The first-order chi connectivity index (χ1) is 10.7. The van der Waals surface area contributed by atoms with Gasteiger partial charge in [-0.05, 0) is 36.2 Å². The zero-order valence-electron chi connectivity index (χ0n) is 12.5. The van der Waals surface area contributed by atoms with E-state index in [0.717, 1.165) is 11.1 Å². The van der Waals surface area contributed by atoms with Gasteiger partial charge >= 0.3 is 0 Å². The van der Waals surface area contributed by atoms with E-state index < -0.39 is 0 Å². The van der Waals surface area contributed by atoms with E-state index >= 15 is 0 Å². The molecule has 0 saturated carbocycles. The second-order valence-electron chi connectivity index (χ2n) is 5.46. The maximum Gasteiger partial charge on any atom is 0.254 e. The minimum atomic E-state index is -0.280. The molecule has 1 aliphatic heterocycles. The Morgan fingerprint density at radius 2 is 1.91 bits per heavy atom. The van der Waals surface area contributed by atoms with Crippen molar-refractivity contribution in [3.63, 3.8) is 0 Å². The first kappa shape index (κ1) is 14.7. The normalized spacial score (nSPS) is 18.3. The number of nitrogens with zero attached hydrogens (tertiary/aromatic N) is 1. The third kappa shape index (κ3) is 2.88. The summed E-state index contributed by atoms with van der Waals surface area (Å²) in [6.07, 6.45) is 0. The molecule has 0 spiro atoms. The first-order valence-corrected chi connectivity index (χ1v) is 7.36. The van der Waals surface area contributed by atoms with E-state index in [4.69, 9.17) is 4.74 Å². The van der Waals surface area contributed by atoms with Gasteiger partial charge in [-0.2, -0.15) is 0 Å². The van der Waals surface area contributed by atoms with Crippen molar-refractivity contribution in [1.29, 1.82) is 0 Å². The number of aryl methyl sites for hydroxylation is 1. The number of rotatable bonds is 2. The average molecular weight is 299 g/mol. The lowest BCUT2D eigenvalue weighted by Gasteiger charge is -2.36. The number of halogens is 1. The van der Waals surface area contributed by atoms with Crippen LogP contribution in [0.3, 0.4) is 0 Å². The van der Waals surface area contributed by atoms with E-state index in [1.54, 1.807) is 12.1 Å². The molecule has 1 saturated heterocycles. The SMILES string of the molecule is Cc1ccccc1C(=O)N1CCOCC1c1ccc(F)cc1. The molecule has 0 radical (unpaired) electrons. The Kier molecular flexibility index (Phi) is 4.20. The van der Waals surface area contributed by atoms with Crippen LogP contribution < -0.4 is 0 Å². The van der Waals surface area contributed by atoms with Crippen LogP contribution in [-0.2, 0) is 4.74 Å². The predicted molar refractivity (Wildman–Crippen MR) is 82.2 cm³/mol. The molecule has 114 valence electrons. The van der Waals surface area contributed by atoms with Gasteiger partial charge in [0.1, 0.15) is 5.82 Å². The van der Waals surface area contributed by atoms with E-state index in [-0.39, 0.29) is 17.8 Å². The van der Waals surface area contributed by atoms with Gasteiger partial charge in [0.15, 0.2) is 0 Å². The standard InChI is InChI=1S/C18H18FNO2/c1-13-4-2-3-5-16(13)18(21)20-10-11-22-12-17(20)14-6-8-15(19)9-7-14/h2-9,17H,10-12H2,1H3. The van der Waals surface area contributed by atoms with E-state index in [1.807, 2.05) is 36.1 Å². The van der Waals surface area contributed by atoms with E-state index in [2.05, 4.69) is 0 Å². The topological polar surface area (TPSA) is 29.5 Å². The van der Waals surface area contributed by atoms with Crippen LogP contribution in [0, 0.1) is 12.7 Å². The van der Waals surface area contributed by atoms with Gasteiger partial charge < -0.3 is 9.64 Å². The summed E-state index contributed by atoms with van der Waals surface area (Å²) < 4.78 is 18.6. The van der Waals surface area contributed by atoms with Gasteiger partial charge in [0.05, 0.1) is 19.3 Å². The molecule has 3 rings (SSSR count). The third-order valence-electron chi connectivity index (χ3n) is 4.02. The Labute approximate surface area is 129 Å². The predicted octanol–water partition coefficient (Wildman–Crippen LogP) is 3.35. The minimum absolute atomic E-state index is 0.00396. The molecule has 4 heteroatoms. The summed E-state index contributed by atoms with van der Waals surface area (Å²) in [7, 11) is 0. The summed E-state index contributed by atoms with van der Waals surface area (Å²) in [4.78, 5) is 14.7. The van der Waals surface area contributed by atoms with Crippen LogP contribution in [-0.4, -0.2) is 30.6 Å². The lowest BCUT2D eigenvalue weighted by atomic mass is 10.0. The van der Waals surface area contributed by atoms with Crippen LogP contribution in [0.25, 0.3) is 0 Å². The number of hydrogen-bond acceptors (Lipinski definition) is 2. The highest BCUT2D eigenvalue weighted by atomic mass is 19.1. The highest BCUT2D eigenvalue weighted by Crippen LogP contribution is 2.26. The van der Waals surface area contributed by atoms with Gasteiger partial charge in [-0.15, -0.1) is 0 Å². The van der Waals surface area contributed by atoms with Crippen molar-refractivity contribution in [2.45, 2.75) is 13.0 Å². The Morgan fingerprint density at radius 1 is 1.18 bits per heavy atom. The molecule has 1 heterocycles. The molecule has 1 aliphatic rings. The lowest BCUT2D eigenvalue weighted by molar-refractivity contribution is -0.00275. The van der Waals surface area contributed by atoms with Gasteiger partial charge in [-0.25, -0.2) is 4.39 Å². The summed E-state index contributed by atoms with van der Waals surface area (Å²) >= 11 is 0. The van der Waals surface area contributed by atoms with Gasteiger partial charge in [0.25, 0.3) is 5.91 Å². The molecule has 22 heavy (non-hydrogen) atoms. The fourth-order valence-corrected chi connectivity index (χ4v) is 2.78. The van der Waals surface area contributed by atoms with E-state index in [0.29, 0.717) is 25.3 Å². The first-order valence-electron chi connectivity index (χ1n) is 7.36. The zero-order valence-corrected chi connectivity index (χ0v) is 12.5. The number of carbonyl (C=O) groups is 1. The molecule has 1 amide bonds. The van der Waals surface area contributed by atoms with Crippen LogP contribution in [0.15, 0.2) is 48.5 Å². The summed E-state index contributed by atoms with van der Waals surface area (Å²) in [6, 6.07) is 13.6. The number of ether oxygens (including phenoxy) is 1. The van der Waals surface area contributed by atoms with Crippen LogP contribution in [0.1, 0.15) is 27.5 Å². The largest absolute Gasteiger partial charge is 0.377 e. The summed E-state index contributed by atoms with van der Waals surface area (Å²) in [5, 5.41) is 0. The molecular formula is C18H18FNO2. The van der Waals surface area contributed by atoms with E-state index in [9.17, 15) is 9.18 Å². The molecule has 2 aromatic rings. The molecule has 0 N–H and O–H groups in total. The molecule has 1 fully saturated rings. The van der Waals surface area contributed by atoms with Crippen LogP contribution >= 0.6 is 0 Å². The molecule has 3 nitrogen and oxygen atoms in total. The number of carbonyl (C=O) groups excluding carboxylic acids is 1. The quantitative estimate of drug-likeness (QED) is 0.851. The molecule has 0 bridgehead atoms. The van der Waals surface area contributed by atoms with Crippen LogP contribution in [0.2, 0.25) is 0 Å². The lowest BCUT2D eigenvalue weighted by Crippen LogP contribution is -2.43. The smallest absolute Gasteiger partial charge is 0.254 e. The second kappa shape index (κ2) is 6.28. The van der Waals surface area contributed by atoms with Crippen molar-refractivity contribution in [2.75, 3.05) is 19.8 Å². The van der Waals surface area contributed by atoms with E-state index in [1.165, 1.54) is 12.1 Å². The monoisotopic (exact) mass is 299 g/mol. The number of hydrogen-bond donors (Lipinski definition) is 0. The fraction of sp³-hybridized carbons (Fsp3) is 0.278. The Bertz CT molecular complexity index is 669. The number of morpholine rings is 1. The van der Waals surface area contributed by atoms with Crippen molar-refractivity contribution < 1.29 is 13.9 Å². The molecule has 2 aromatic carbocycles. The Hall–Kier alpha value is -2.20. The van der Waals surface area contributed by atoms with Gasteiger partial charge in [0.2, 0.25) is 0 Å². The number of benzene rings is 2. The highest BCUT2D eigenvalue weighted by molar-refractivity contribution is 5.96. The van der Waals surface area contributed by atoms with Crippen LogP contribution in [0.5, 0.6) is 0 Å². The highest BCUT2D eigenvalue weighted by Gasteiger charge is 2.29. The zero-order chi connectivity index (χ0) is 15.5. The molecule has 0 aromatic heterocycles. The van der Waals surface area contributed by atoms with Crippen LogP contribution in [0.4, 0.5) is 4.39 Å². The molecule has 1 atom stereocenters. The summed E-state index contributed by atoms with van der Waals surface area (Å²) in [6.45, 7) is 3.42. The third-order valence-corrected chi connectivity index (χ3v) is 4.02. The fourth-order valence-electron chi connectivity index (χ4n) is 2.78. The Balaban J connectivity index is 1.91. The Morgan fingerprint density at radius 3 is 2.64 bits per heavy atom. The van der Waals surface area contributed by atoms with Gasteiger partial charge in [-0.3, -0.25) is 4.79 Å². The second-order valence-corrected chi connectivity index (χ2v) is 5.46. The average Bonchev–Trinajstić information content (AvgIpc) is 2.55. The van der Waals surface area contributed by atoms with Crippen molar-refractivity contribution in [3.05, 3.63) is 71.0 Å². The summed E-state index contributed by atoms with van der Waals surface area (Å²) in [5.74, 6) is -0.284. The van der Waals surface area contributed by atoms with Crippen molar-refractivity contribution in [2.24, 2.45) is 0 Å². The minimum Gasteiger partial charge on any atom is -0.377 e. The maximum atomic E-state index is 13.1. The van der Waals surface area contributed by atoms with Crippen molar-refractivity contribution >= 4 is 5.91 Å².